The Hall–Kier alpha value is -0.970. The fourth-order valence-electron chi connectivity index (χ4n) is 2.24. The summed E-state index contributed by atoms with van der Waals surface area (Å²) in [7, 11) is 0. The van der Waals surface area contributed by atoms with Crippen molar-refractivity contribution in [2.45, 2.75) is 51.1 Å². The van der Waals surface area contributed by atoms with Gasteiger partial charge in [0.2, 0.25) is 0 Å². The van der Waals surface area contributed by atoms with Gasteiger partial charge in [-0.3, -0.25) is 4.68 Å². The molecule has 1 aromatic rings. The maximum absolute atomic E-state index is 12.8. The molecule has 1 saturated heterocycles. The number of rotatable bonds is 3. The van der Waals surface area contributed by atoms with Gasteiger partial charge in [-0.1, -0.05) is 0 Å². The number of nitrogens with one attached hydrogen (secondary N) is 1. The molecule has 1 fully saturated rings. The molecule has 2 atom stereocenters. The van der Waals surface area contributed by atoms with E-state index in [-0.39, 0.29) is 6.54 Å². The lowest BCUT2D eigenvalue weighted by molar-refractivity contribution is 0.000565. The van der Waals surface area contributed by atoms with Crippen molar-refractivity contribution in [3.05, 3.63) is 18.0 Å². The van der Waals surface area contributed by atoms with Crippen LogP contribution in [0.25, 0.3) is 0 Å². The highest BCUT2D eigenvalue weighted by molar-refractivity contribution is 5.13. The molecule has 1 aromatic heterocycles. The van der Waals surface area contributed by atoms with Gasteiger partial charge in [0.05, 0.1) is 6.20 Å². The van der Waals surface area contributed by atoms with Crippen LogP contribution in [0.2, 0.25) is 0 Å². The monoisotopic (exact) mass is 243 g/mol. The van der Waals surface area contributed by atoms with Gasteiger partial charge in [0.1, 0.15) is 6.54 Å². The third-order valence-corrected chi connectivity index (χ3v) is 3.23. The molecule has 1 aliphatic rings. The number of piperidine rings is 1. The minimum absolute atomic E-state index is 0.344. The second-order valence-electron chi connectivity index (χ2n) is 5.13. The molecule has 0 radical (unpaired) electrons. The summed E-state index contributed by atoms with van der Waals surface area (Å²) in [5, 5.41) is 7.41. The van der Waals surface area contributed by atoms with E-state index in [1.165, 1.54) is 4.68 Å². The first kappa shape index (κ1) is 12.5. The van der Waals surface area contributed by atoms with Crippen LogP contribution in [0.15, 0.2) is 12.4 Å². The van der Waals surface area contributed by atoms with E-state index in [4.69, 9.17) is 0 Å². The van der Waals surface area contributed by atoms with Crippen LogP contribution in [-0.2, 0) is 6.54 Å². The van der Waals surface area contributed by atoms with Gasteiger partial charge in [-0.05, 0) is 31.2 Å². The molecular weight excluding hydrogens is 224 g/mol. The SMILES string of the molecule is C[C@@H]1CC[C@@H](c2cnn(CC(C)(F)F)c2)CN1. The lowest BCUT2D eigenvalue weighted by Gasteiger charge is -2.26. The molecule has 1 aliphatic heterocycles. The van der Waals surface area contributed by atoms with Gasteiger partial charge in [-0.15, -0.1) is 0 Å². The van der Waals surface area contributed by atoms with Crippen LogP contribution >= 0.6 is 0 Å². The Morgan fingerprint density at radius 1 is 1.53 bits per heavy atom. The topological polar surface area (TPSA) is 29.9 Å². The number of nitrogens with zero attached hydrogens (tertiary/aromatic N) is 2. The Labute approximate surface area is 100 Å². The summed E-state index contributed by atoms with van der Waals surface area (Å²) < 4.78 is 27.0. The van der Waals surface area contributed by atoms with Crippen LogP contribution in [-0.4, -0.2) is 28.3 Å². The minimum Gasteiger partial charge on any atom is -0.314 e. The Bertz CT molecular complexity index is 362. The average molecular weight is 243 g/mol. The number of alkyl halides is 2. The van der Waals surface area contributed by atoms with Crippen molar-refractivity contribution < 1.29 is 8.78 Å². The fraction of sp³-hybridized carbons (Fsp3) is 0.750. The van der Waals surface area contributed by atoms with Crippen molar-refractivity contribution >= 4 is 0 Å². The van der Waals surface area contributed by atoms with Crippen LogP contribution in [0.4, 0.5) is 8.78 Å². The molecule has 3 nitrogen and oxygen atoms in total. The molecule has 2 rings (SSSR count). The van der Waals surface area contributed by atoms with Crippen molar-refractivity contribution in [2.24, 2.45) is 0 Å². The normalized spacial score (nSPS) is 26.1. The largest absolute Gasteiger partial charge is 0.314 e. The molecule has 0 aliphatic carbocycles. The Balaban J connectivity index is 1.98. The smallest absolute Gasteiger partial charge is 0.264 e. The second-order valence-corrected chi connectivity index (χ2v) is 5.13. The molecule has 5 heteroatoms. The van der Waals surface area contributed by atoms with Crippen LogP contribution in [0.5, 0.6) is 0 Å². The maximum Gasteiger partial charge on any atom is 0.264 e. The van der Waals surface area contributed by atoms with Gasteiger partial charge >= 0.3 is 0 Å². The quantitative estimate of drug-likeness (QED) is 0.883. The van der Waals surface area contributed by atoms with Gasteiger partial charge in [0.15, 0.2) is 0 Å². The third kappa shape index (κ3) is 3.49. The molecule has 0 spiro atoms. The zero-order chi connectivity index (χ0) is 12.5. The summed E-state index contributed by atoms with van der Waals surface area (Å²) in [6.45, 7) is 3.65. The first-order valence-electron chi connectivity index (χ1n) is 6.07. The summed E-state index contributed by atoms with van der Waals surface area (Å²) >= 11 is 0. The summed E-state index contributed by atoms with van der Waals surface area (Å²) in [6.07, 6.45) is 5.69. The lowest BCUT2D eigenvalue weighted by Crippen LogP contribution is -2.35. The van der Waals surface area contributed by atoms with Crippen LogP contribution in [0, 0.1) is 0 Å². The zero-order valence-electron chi connectivity index (χ0n) is 10.3. The van der Waals surface area contributed by atoms with E-state index in [1.807, 2.05) is 0 Å². The number of hydrogen-bond donors (Lipinski definition) is 1. The summed E-state index contributed by atoms with van der Waals surface area (Å²) in [6, 6.07) is 0.557. The molecule has 2 heterocycles. The van der Waals surface area contributed by atoms with Crippen molar-refractivity contribution in [3.63, 3.8) is 0 Å². The molecular formula is C12H19F2N3. The van der Waals surface area contributed by atoms with E-state index in [9.17, 15) is 8.78 Å². The molecule has 0 bridgehead atoms. The van der Waals surface area contributed by atoms with Crippen molar-refractivity contribution in [1.29, 1.82) is 0 Å². The Morgan fingerprint density at radius 3 is 2.88 bits per heavy atom. The van der Waals surface area contributed by atoms with E-state index >= 15 is 0 Å². The molecule has 96 valence electrons. The summed E-state index contributed by atoms with van der Waals surface area (Å²) in [5.74, 6) is -2.30. The van der Waals surface area contributed by atoms with Gasteiger partial charge in [-0.2, -0.15) is 5.10 Å². The lowest BCUT2D eigenvalue weighted by atomic mass is 9.91. The Morgan fingerprint density at radius 2 is 2.29 bits per heavy atom. The maximum atomic E-state index is 12.8. The first-order chi connectivity index (χ1) is 7.94. The predicted molar refractivity (Wildman–Crippen MR) is 62.3 cm³/mol. The van der Waals surface area contributed by atoms with E-state index in [0.29, 0.717) is 12.0 Å². The standard InChI is InChI=1S/C12H19F2N3/c1-9-3-4-10(5-15-9)11-6-16-17(7-11)8-12(2,13)14/h6-7,9-10,15H,3-5,8H2,1-2H3/t9-,10-/m1/s1. The molecule has 0 saturated carbocycles. The van der Waals surface area contributed by atoms with E-state index in [1.54, 1.807) is 12.4 Å². The highest BCUT2D eigenvalue weighted by Gasteiger charge is 2.24. The van der Waals surface area contributed by atoms with Crippen LogP contribution in [0.1, 0.15) is 38.2 Å². The van der Waals surface area contributed by atoms with Gasteiger partial charge in [0, 0.05) is 25.7 Å². The number of halogens is 2. The number of aromatic nitrogens is 2. The average Bonchev–Trinajstić information content (AvgIpc) is 2.64. The van der Waals surface area contributed by atoms with E-state index in [2.05, 4.69) is 17.3 Å². The van der Waals surface area contributed by atoms with Crippen molar-refractivity contribution in [3.8, 4) is 0 Å². The predicted octanol–water partition coefficient (Wildman–Crippen LogP) is 2.39. The van der Waals surface area contributed by atoms with Gasteiger partial charge in [-0.25, -0.2) is 8.78 Å². The van der Waals surface area contributed by atoms with Crippen molar-refractivity contribution in [1.82, 2.24) is 15.1 Å². The Kier molecular flexibility index (Phi) is 3.47. The summed E-state index contributed by atoms with van der Waals surface area (Å²) in [5.41, 5.74) is 1.06. The highest BCUT2D eigenvalue weighted by atomic mass is 19.3. The molecule has 1 N–H and O–H groups in total. The van der Waals surface area contributed by atoms with Gasteiger partial charge in [0.25, 0.3) is 5.92 Å². The first-order valence-corrected chi connectivity index (χ1v) is 6.07. The fourth-order valence-corrected chi connectivity index (χ4v) is 2.24. The zero-order valence-corrected chi connectivity index (χ0v) is 10.3. The van der Waals surface area contributed by atoms with Crippen molar-refractivity contribution in [2.75, 3.05) is 6.54 Å². The number of hydrogen-bond acceptors (Lipinski definition) is 2. The van der Waals surface area contributed by atoms with E-state index in [0.717, 1.165) is 31.9 Å². The van der Waals surface area contributed by atoms with Gasteiger partial charge < -0.3 is 5.32 Å². The highest BCUT2D eigenvalue weighted by Crippen LogP contribution is 2.25. The van der Waals surface area contributed by atoms with Crippen LogP contribution in [0.3, 0.4) is 0 Å². The van der Waals surface area contributed by atoms with E-state index < -0.39 is 5.92 Å². The molecule has 0 aromatic carbocycles. The summed E-state index contributed by atoms with van der Waals surface area (Å²) in [4.78, 5) is 0. The third-order valence-electron chi connectivity index (χ3n) is 3.23. The molecule has 17 heavy (non-hydrogen) atoms. The second kappa shape index (κ2) is 4.72. The van der Waals surface area contributed by atoms with Crippen LogP contribution < -0.4 is 5.32 Å². The molecule has 0 amide bonds. The minimum atomic E-state index is -2.71. The molecule has 0 unspecified atom stereocenters.